The first-order valence-corrected chi connectivity index (χ1v) is 8.38. The molecule has 11 heteroatoms. The van der Waals surface area contributed by atoms with Crippen molar-refractivity contribution in [3.05, 3.63) is 35.3 Å². The maximum atomic E-state index is 14.0. The number of amides is 1. The molecule has 0 aromatic heterocycles. The van der Waals surface area contributed by atoms with E-state index in [1.165, 1.54) is 0 Å². The second-order valence-electron chi connectivity index (χ2n) is 5.04. The van der Waals surface area contributed by atoms with Crippen molar-refractivity contribution in [3.8, 4) is 0 Å². The van der Waals surface area contributed by atoms with E-state index in [1.807, 2.05) is 0 Å². The van der Waals surface area contributed by atoms with Crippen LogP contribution in [0.25, 0.3) is 0 Å². The molecule has 0 fully saturated rings. The third-order valence-electron chi connectivity index (χ3n) is 3.45. The van der Waals surface area contributed by atoms with Gasteiger partial charge in [0.05, 0.1) is 36.4 Å². The van der Waals surface area contributed by atoms with Crippen molar-refractivity contribution in [2.45, 2.75) is 4.90 Å². The van der Waals surface area contributed by atoms with Crippen LogP contribution in [0.15, 0.2) is 34.4 Å². The van der Waals surface area contributed by atoms with Gasteiger partial charge in [0, 0.05) is 6.54 Å². The number of ether oxygens (including phenoxy) is 1. The molecule has 136 valence electrons. The van der Waals surface area contributed by atoms with Gasteiger partial charge in [-0.2, -0.15) is 8.42 Å². The Balaban J connectivity index is 2.45. The molecule has 0 radical (unpaired) electrons. The Hall–Kier alpha value is -2.50. The van der Waals surface area contributed by atoms with Crippen LogP contribution in [0.2, 0.25) is 0 Å². The van der Waals surface area contributed by atoms with E-state index in [4.69, 9.17) is 9.66 Å². The van der Waals surface area contributed by atoms with Crippen LogP contribution in [0, 0.1) is 5.82 Å². The highest BCUT2D eigenvalue weighted by molar-refractivity contribution is 7.85. The van der Waals surface area contributed by atoms with E-state index in [1.54, 1.807) is 0 Å². The highest BCUT2D eigenvalue weighted by Crippen LogP contribution is 2.26. The second-order valence-corrected chi connectivity index (χ2v) is 6.46. The Morgan fingerprint density at radius 3 is 2.68 bits per heavy atom. The molecule has 1 aromatic carbocycles. The molecule has 0 aliphatic carbocycles. The number of aliphatic hydroxyl groups excluding tert-OH is 1. The number of nitrogens with zero attached hydrogens (tertiary/aromatic N) is 1. The first kappa shape index (κ1) is 18.8. The minimum absolute atomic E-state index is 0.0575. The first-order valence-electron chi connectivity index (χ1n) is 6.94. The summed E-state index contributed by atoms with van der Waals surface area (Å²) in [5.41, 5.74) is -0.824. The molecule has 2 rings (SSSR count). The fourth-order valence-corrected chi connectivity index (χ4v) is 2.75. The molecule has 1 aliphatic heterocycles. The number of esters is 1. The van der Waals surface area contributed by atoms with E-state index in [9.17, 15) is 22.4 Å². The summed E-state index contributed by atoms with van der Waals surface area (Å²) >= 11 is 0. The Bertz CT molecular complexity index is 851. The molecule has 0 saturated carbocycles. The number of benzene rings is 1. The fourth-order valence-electron chi connectivity index (χ4n) is 2.24. The number of hydrogen-bond donors (Lipinski definition) is 3. The van der Waals surface area contributed by atoms with Crippen LogP contribution in [0.4, 0.5) is 10.1 Å². The van der Waals surface area contributed by atoms with Crippen molar-refractivity contribution in [3.63, 3.8) is 0 Å². The summed E-state index contributed by atoms with van der Waals surface area (Å²) < 4.78 is 49.9. The Labute approximate surface area is 142 Å². The largest absolute Gasteiger partial charge is 0.466 e. The van der Waals surface area contributed by atoms with Crippen molar-refractivity contribution in [1.82, 2.24) is 4.90 Å². The van der Waals surface area contributed by atoms with E-state index >= 15 is 0 Å². The van der Waals surface area contributed by atoms with E-state index in [2.05, 4.69) is 10.1 Å². The predicted molar refractivity (Wildman–Crippen MR) is 82.5 cm³/mol. The lowest BCUT2D eigenvalue weighted by Gasteiger charge is -2.15. The topological polar surface area (TPSA) is 133 Å². The van der Waals surface area contributed by atoms with Crippen molar-refractivity contribution in [2.75, 3.05) is 32.1 Å². The molecule has 0 bridgehead atoms. The van der Waals surface area contributed by atoms with Crippen LogP contribution in [0.5, 0.6) is 0 Å². The number of halogens is 1. The number of anilines is 1. The predicted octanol–water partition coefficient (Wildman–Crippen LogP) is -0.254. The van der Waals surface area contributed by atoms with E-state index in [0.29, 0.717) is 0 Å². The molecule has 0 atom stereocenters. The van der Waals surface area contributed by atoms with Gasteiger partial charge in [0.1, 0.15) is 11.5 Å². The molecular formula is C14H15FN2O7S. The Morgan fingerprint density at radius 2 is 2.12 bits per heavy atom. The van der Waals surface area contributed by atoms with Gasteiger partial charge < -0.3 is 20.1 Å². The molecular weight excluding hydrogens is 359 g/mol. The molecule has 25 heavy (non-hydrogen) atoms. The third kappa shape index (κ3) is 3.95. The molecule has 0 saturated heterocycles. The molecule has 1 amide bonds. The average Bonchev–Trinajstić information content (AvgIpc) is 2.85. The van der Waals surface area contributed by atoms with Crippen LogP contribution in [0.3, 0.4) is 0 Å². The van der Waals surface area contributed by atoms with Crippen molar-refractivity contribution in [1.29, 1.82) is 0 Å². The SMILES string of the molecule is COC(=O)C1=C(Nc2cc(S(=O)(=O)O)ccc2F)C(=O)N(CCO)C1. The molecule has 1 aliphatic rings. The minimum Gasteiger partial charge on any atom is -0.466 e. The molecule has 9 nitrogen and oxygen atoms in total. The third-order valence-corrected chi connectivity index (χ3v) is 4.30. The molecule has 0 spiro atoms. The first-order chi connectivity index (χ1) is 11.7. The number of methoxy groups -OCH3 is 1. The van der Waals surface area contributed by atoms with Gasteiger partial charge in [0.15, 0.2) is 0 Å². The number of carbonyl (C=O) groups excluding carboxylic acids is 2. The lowest BCUT2D eigenvalue weighted by atomic mass is 10.2. The number of β-amino-alcohol motifs (C(OH)–C–C–N with tert-alkyl or cyclic N) is 1. The fraction of sp³-hybridized carbons (Fsp3) is 0.286. The summed E-state index contributed by atoms with van der Waals surface area (Å²) in [6.45, 7) is -0.563. The molecule has 1 heterocycles. The summed E-state index contributed by atoms with van der Waals surface area (Å²) in [6.07, 6.45) is 0. The van der Waals surface area contributed by atoms with Gasteiger partial charge in [-0.15, -0.1) is 0 Å². The van der Waals surface area contributed by atoms with Gasteiger partial charge in [-0.3, -0.25) is 9.35 Å². The lowest BCUT2D eigenvalue weighted by Crippen LogP contribution is -2.31. The van der Waals surface area contributed by atoms with Crippen molar-refractivity contribution >= 4 is 27.7 Å². The average molecular weight is 374 g/mol. The summed E-state index contributed by atoms with van der Waals surface area (Å²) in [6, 6.07) is 2.42. The standard InChI is InChI=1S/C14H15FN2O7S/c1-24-14(20)9-7-17(4-5-18)13(19)12(9)16-11-6-8(25(21,22)23)2-3-10(11)15/h2-3,6,16,18H,4-5,7H2,1H3,(H,21,22,23). The number of carbonyl (C=O) groups is 2. The summed E-state index contributed by atoms with van der Waals surface area (Å²) in [5.74, 6) is -2.42. The zero-order valence-corrected chi connectivity index (χ0v) is 13.8. The number of nitrogens with one attached hydrogen (secondary N) is 1. The van der Waals surface area contributed by atoms with Crippen LogP contribution in [0.1, 0.15) is 0 Å². The number of hydrogen-bond acceptors (Lipinski definition) is 7. The van der Waals surface area contributed by atoms with E-state index in [-0.39, 0.29) is 31.0 Å². The van der Waals surface area contributed by atoms with E-state index in [0.717, 1.165) is 30.2 Å². The zero-order valence-electron chi connectivity index (χ0n) is 13.0. The number of rotatable bonds is 6. The van der Waals surface area contributed by atoms with Crippen LogP contribution in [-0.4, -0.2) is 61.7 Å². The van der Waals surface area contributed by atoms with Gasteiger partial charge in [-0.25, -0.2) is 9.18 Å². The highest BCUT2D eigenvalue weighted by atomic mass is 32.2. The smallest absolute Gasteiger partial charge is 0.337 e. The lowest BCUT2D eigenvalue weighted by molar-refractivity contribution is -0.136. The summed E-state index contributed by atoms with van der Waals surface area (Å²) in [7, 11) is -3.48. The number of aliphatic hydroxyl groups is 1. The van der Waals surface area contributed by atoms with Gasteiger partial charge in [0.2, 0.25) is 0 Å². The van der Waals surface area contributed by atoms with Crippen LogP contribution < -0.4 is 5.32 Å². The van der Waals surface area contributed by atoms with Crippen LogP contribution in [-0.2, 0) is 24.4 Å². The Morgan fingerprint density at radius 1 is 1.44 bits per heavy atom. The quantitative estimate of drug-likeness (QED) is 0.458. The maximum absolute atomic E-state index is 14.0. The van der Waals surface area contributed by atoms with Crippen molar-refractivity contribution < 1.29 is 36.8 Å². The highest BCUT2D eigenvalue weighted by Gasteiger charge is 2.34. The normalized spacial score (nSPS) is 14.9. The molecule has 3 N–H and O–H groups in total. The summed E-state index contributed by atoms with van der Waals surface area (Å²) in [5, 5.41) is 11.3. The maximum Gasteiger partial charge on any atom is 0.337 e. The van der Waals surface area contributed by atoms with Crippen LogP contribution >= 0.6 is 0 Å². The van der Waals surface area contributed by atoms with E-state index < -0.39 is 38.4 Å². The van der Waals surface area contributed by atoms with Gasteiger partial charge in [0.25, 0.3) is 16.0 Å². The van der Waals surface area contributed by atoms with Crippen molar-refractivity contribution in [2.24, 2.45) is 0 Å². The minimum atomic E-state index is -4.59. The van der Waals surface area contributed by atoms with Gasteiger partial charge in [-0.1, -0.05) is 0 Å². The summed E-state index contributed by atoms with van der Waals surface area (Å²) in [4.78, 5) is 24.7. The molecule has 0 unspecified atom stereocenters. The molecule has 1 aromatic rings. The van der Waals surface area contributed by atoms with Gasteiger partial charge >= 0.3 is 5.97 Å². The van der Waals surface area contributed by atoms with Gasteiger partial charge in [-0.05, 0) is 18.2 Å². The Kier molecular flexibility index (Phi) is 5.40. The zero-order chi connectivity index (χ0) is 18.8. The monoisotopic (exact) mass is 374 g/mol. The second kappa shape index (κ2) is 7.17.